The number of thiol groups is 2. The second kappa shape index (κ2) is 22.5. The molecule has 0 aliphatic carbocycles. The van der Waals surface area contributed by atoms with E-state index in [1.807, 2.05) is 0 Å². The molecule has 0 atom stereocenters. The quantitative estimate of drug-likeness (QED) is 0.107. The Morgan fingerprint density at radius 3 is 1.38 bits per heavy atom. The zero-order valence-electron chi connectivity index (χ0n) is 15.6. The van der Waals surface area contributed by atoms with Crippen molar-refractivity contribution in [3.8, 4) is 0 Å². The van der Waals surface area contributed by atoms with Crippen LogP contribution in [0.25, 0.3) is 0 Å². The standard InChI is InChI=1S/C16H35O4P.2H2S.Zn/c1-3-5-7-9-11-13-15-19-21(17,18)20-16-14-12-10-8-6-4-2;;;/h3-16H2,1-2H3,(H,17,18);2*1H2;/q;;;+2/p-2. The molecule has 0 bridgehead atoms. The Kier molecular flexibility index (Phi) is 25.9. The average molecular weight is 454 g/mol. The molecule has 144 valence electrons. The maximum atomic E-state index is 11.6. The van der Waals surface area contributed by atoms with Gasteiger partial charge in [0, 0.05) is 0 Å². The van der Waals surface area contributed by atoms with Gasteiger partial charge in [-0.2, -0.15) is 0 Å². The van der Waals surface area contributed by atoms with Crippen molar-refractivity contribution in [1.29, 1.82) is 0 Å². The minimum atomic E-state index is -3.82. The van der Waals surface area contributed by atoms with Gasteiger partial charge in [0.25, 0.3) is 0 Å². The molecular weight excluding hydrogens is 417 g/mol. The zero-order chi connectivity index (χ0) is 18.5. The van der Waals surface area contributed by atoms with Crippen LogP contribution in [0, 0.1) is 0 Å². The third kappa shape index (κ3) is 25.7. The first-order valence-electron chi connectivity index (χ1n) is 9.37. The van der Waals surface area contributed by atoms with Crippen molar-refractivity contribution in [3.63, 3.8) is 0 Å². The molecule has 4 nitrogen and oxygen atoms in total. The number of unbranched alkanes of at least 4 members (excludes halogenated alkanes) is 10. The van der Waals surface area contributed by atoms with Crippen molar-refractivity contribution in [3.05, 3.63) is 0 Å². The summed E-state index contributed by atoms with van der Waals surface area (Å²) in [5, 5.41) is 0. The summed E-state index contributed by atoms with van der Waals surface area (Å²) in [4.78, 5) is 9.51. The Labute approximate surface area is 166 Å². The van der Waals surface area contributed by atoms with Gasteiger partial charge in [0.2, 0.25) is 0 Å². The SMILES string of the molecule is CCCCCCCCOP(=O)(O)OCCCCCCCC.[SH][Zn][SH]. The van der Waals surface area contributed by atoms with Gasteiger partial charge in [-0.1, -0.05) is 78.1 Å². The van der Waals surface area contributed by atoms with Crippen LogP contribution in [0.4, 0.5) is 0 Å². The van der Waals surface area contributed by atoms with Crippen LogP contribution in [0.3, 0.4) is 0 Å². The van der Waals surface area contributed by atoms with Crippen LogP contribution in [-0.4, -0.2) is 18.1 Å². The predicted octanol–water partition coefficient (Wildman–Crippen LogP) is 6.60. The summed E-state index contributed by atoms with van der Waals surface area (Å²) < 4.78 is 21.5. The Bertz CT molecular complexity index is 265. The summed E-state index contributed by atoms with van der Waals surface area (Å²) in [6.07, 6.45) is 13.6. The number of hydrogen-bond acceptors (Lipinski definition) is 5. The molecular formula is C16H37O4PS2Zn. The van der Waals surface area contributed by atoms with E-state index < -0.39 is 22.5 Å². The third-order valence-electron chi connectivity index (χ3n) is 3.50. The molecule has 0 radical (unpaired) electrons. The second-order valence-electron chi connectivity index (χ2n) is 5.81. The van der Waals surface area contributed by atoms with Gasteiger partial charge in [-0.25, -0.2) is 4.57 Å². The molecule has 24 heavy (non-hydrogen) atoms. The Hall–Kier alpha value is 1.43. The fourth-order valence-corrected chi connectivity index (χ4v) is 2.96. The molecule has 0 rings (SSSR count). The normalized spacial score (nSPS) is 10.9. The van der Waals surface area contributed by atoms with Crippen LogP contribution in [0.1, 0.15) is 90.9 Å². The predicted molar refractivity (Wildman–Crippen MR) is 106 cm³/mol. The summed E-state index contributed by atoms with van der Waals surface area (Å²) in [6, 6.07) is 0. The van der Waals surface area contributed by atoms with Crippen molar-refractivity contribution in [2.45, 2.75) is 90.9 Å². The number of rotatable bonds is 16. The van der Waals surface area contributed by atoms with Crippen LogP contribution in [0.2, 0.25) is 0 Å². The van der Waals surface area contributed by atoms with Gasteiger partial charge in [0.1, 0.15) is 0 Å². The van der Waals surface area contributed by atoms with E-state index in [4.69, 9.17) is 9.05 Å². The summed E-state index contributed by atoms with van der Waals surface area (Å²) in [7, 11) is 3.87. The zero-order valence-corrected chi connectivity index (χ0v) is 21.3. The Balaban J connectivity index is 0. The van der Waals surface area contributed by atoms with Crippen LogP contribution in [0.5, 0.6) is 0 Å². The number of hydrogen-bond donors (Lipinski definition) is 3. The van der Waals surface area contributed by atoms with Crippen molar-refractivity contribution >= 4 is 29.1 Å². The summed E-state index contributed by atoms with van der Waals surface area (Å²) in [5.41, 5.74) is 0. The Morgan fingerprint density at radius 2 is 1.04 bits per heavy atom. The van der Waals surface area contributed by atoms with Crippen LogP contribution in [0.15, 0.2) is 0 Å². The van der Waals surface area contributed by atoms with Crippen molar-refractivity contribution in [1.82, 2.24) is 0 Å². The summed E-state index contributed by atoms with van der Waals surface area (Å²) in [5.74, 6) is 0. The van der Waals surface area contributed by atoms with E-state index in [0.29, 0.717) is 13.2 Å². The Morgan fingerprint density at radius 1 is 0.750 bits per heavy atom. The maximum absolute atomic E-state index is 11.6. The molecule has 0 aromatic carbocycles. The topological polar surface area (TPSA) is 55.8 Å². The monoisotopic (exact) mass is 452 g/mol. The number of phosphoric ester groups is 1. The molecule has 1 N–H and O–H groups in total. The first-order valence-corrected chi connectivity index (χ1v) is 20.1. The van der Waals surface area contributed by atoms with Gasteiger partial charge >= 0.3 is 43.8 Å². The molecule has 0 aliphatic rings. The van der Waals surface area contributed by atoms with E-state index in [9.17, 15) is 9.46 Å². The van der Waals surface area contributed by atoms with Crippen molar-refractivity contribution in [2.75, 3.05) is 13.2 Å². The van der Waals surface area contributed by atoms with E-state index in [1.165, 1.54) is 51.4 Å². The first kappa shape index (κ1) is 27.7. The van der Waals surface area contributed by atoms with Gasteiger partial charge in [-0.15, -0.1) is 0 Å². The second-order valence-corrected chi connectivity index (χ2v) is 13.7. The van der Waals surface area contributed by atoms with Gasteiger partial charge in [0.05, 0.1) is 13.2 Å². The van der Waals surface area contributed by atoms with Crippen molar-refractivity contribution in [2.24, 2.45) is 0 Å². The first-order chi connectivity index (χ1) is 11.5. The third-order valence-corrected chi connectivity index (χ3v) is 4.52. The van der Waals surface area contributed by atoms with Crippen LogP contribution >= 0.6 is 29.1 Å². The van der Waals surface area contributed by atoms with Crippen LogP contribution < -0.4 is 0 Å². The van der Waals surface area contributed by atoms with E-state index in [1.54, 1.807) is 0 Å². The molecule has 0 aromatic rings. The summed E-state index contributed by atoms with van der Waals surface area (Å²) >= 11 is -0.486. The van der Waals surface area contributed by atoms with Crippen LogP contribution in [-0.2, 0) is 28.3 Å². The van der Waals surface area contributed by atoms with E-state index in [0.717, 1.165) is 25.7 Å². The van der Waals surface area contributed by atoms with Crippen molar-refractivity contribution < 1.29 is 33.2 Å². The minimum absolute atomic E-state index is 0.316. The number of phosphoric acid groups is 1. The van der Waals surface area contributed by atoms with E-state index >= 15 is 0 Å². The molecule has 0 aliphatic heterocycles. The molecule has 0 saturated heterocycles. The molecule has 0 aromatic heterocycles. The molecule has 0 spiro atoms. The molecule has 8 heteroatoms. The van der Waals surface area contributed by atoms with Gasteiger partial charge in [-0.05, 0) is 12.8 Å². The molecule has 0 fully saturated rings. The van der Waals surface area contributed by atoms with E-state index in [2.05, 4.69) is 35.1 Å². The fraction of sp³-hybridized carbons (Fsp3) is 1.00. The fourth-order valence-electron chi connectivity index (χ4n) is 2.16. The average Bonchev–Trinajstić information content (AvgIpc) is 2.54. The molecule has 0 unspecified atom stereocenters. The molecule has 0 heterocycles. The van der Waals surface area contributed by atoms with E-state index in [-0.39, 0.29) is 0 Å². The molecule has 0 amide bonds. The van der Waals surface area contributed by atoms with Gasteiger partial charge in [-0.3, -0.25) is 9.05 Å². The molecule has 0 saturated carbocycles. The van der Waals surface area contributed by atoms with Gasteiger partial charge < -0.3 is 4.89 Å². The summed E-state index contributed by atoms with van der Waals surface area (Å²) in [6.45, 7) is 5.01. The van der Waals surface area contributed by atoms with Gasteiger partial charge in [0.15, 0.2) is 0 Å².